The smallest absolute Gasteiger partial charge is 0.261 e. The minimum Gasteiger partial charge on any atom is -0.364 e. The number of benzene rings is 1. The van der Waals surface area contributed by atoms with Gasteiger partial charge in [-0.15, -0.1) is 0 Å². The number of rotatable bonds is 2. The highest BCUT2D eigenvalue weighted by Gasteiger charge is 2.11. The molecule has 20 heavy (non-hydrogen) atoms. The van der Waals surface area contributed by atoms with Crippen LogP contribution >= 0.6 is 11.6 Å². The summed E-state index contributed by atoms with van der Waals surface area (Å²) in [5, 5.41) is 11.6. The van der Waals surface area contributed by atoms with Gasteiger partial charge in [-0.3, -0.25) is 9.59 Å². The minimum atomic E-state index is -0.535. The third kappa shape index (κ3) is 2.87. The van der Waals surface area contributed by atoms with Crippen LogP contribution in [0.1, 0.15) is 21.6 Å². The number of anilines is 1. The van der Waals surface area contributed by atoms with Crippen molar-refractivity contribution in [2.75, 3.05) is 5.32 Å². The van der Waals surface area contributed by atoms with Crippen LogP contribution in [0.4, 0.5) is 5.69 Å². The number of nitrogens with one attached hydrogen (secondary N) is 2. The Morgan fingerprint density at radius 1 is 1.40 bits per heavy atom. The van der Waals surface area contributed by atoms with Crippen molar-refractivity contribution in [3.05, 3.63) is 62.5 Å². The standard InChI is InChI=1S/C14H10ClN3O2/c1-8-4-13(19)11(7-17-8)14(20)18-10-3-2-9(6-16)12(15)5-10/h2-5,7H,1H3,(H,17,19)(H,18,20). The predicted molar refractivity (Wildman–Crippen MR) is 75.9 cm³/mol. The summed E-state index contributed by atoms with van der Waals surface area (Å²) in [5.41, 5.74) is 1.05. The Morgan fingerprint density at radius 3 is 2.75 bits per heavy atom. The van der Waals surface area contributed by atoms with Crippen LogP contribution in [0.25, 0.3) is 0 Å². The van der Waals surface area contributed by atoms with Crippen LogP contribution < -0.4 is 10.7 Å². The fourth-order valence-corrected chi connectivity index (χ4v) is 1.86. The van der Waals surface area contributed by atoms with E-state index in [-0.39, 0.29) is 16.0 Å². The topological polar surface area (TPSA) is 85.8 Å². The van der Waals surface area contributed by atoms with Crippen LogP contribution in [0.2, 0.25) is 5.02 Å². The quantitative estimate of drug-likeness (QED) is 0.889. The van der Waals surface area contributed by atoms with Gasteiger partial charge < -0.3 is 10.3 Å². The molecule has 0 aliphatic heterocycles. The number of aromatic nitrogens is 1. The van der Waals surface area contributed by atoms with Crippen LogP contribution in [0.3, 0.4) is 0 Å². The monoisotopic (exact) mass is 287 g/mol. The third-order valence-electron chi connectivity index (χ3n) is 2.65. The van der Waals surface area contributed by atoms with E-state index in [0.29, 0.717) is 16.9 Å². The van der Waals surface area contributed by atoms with Crippen molar-refractivity contribution in [3.8, 4) is 6.07 Å². The lowest BCUT2D eigenvalue weighted by atomic mass is 10.2. The van der Waals surface area contributed by atoms with Crippen molar-refractivity contribution in [1.82, 2.24) is 4.98 Å². The SMILES string of the molecule is Cc1cc(=O)c(C(=O)Nc2ccc(C#N)c(Cl)c2)c[nH]1. The number of nitrogens with zero attached hydrogens (tertiary/aromatic N) is 1. The predicted octanol–water partition coefficient (Wildman–Crippen LogP) is 2.46. The van der Waals surface area contributed by atoms with Crippen molar-refractivity contribution in [1.29, 1.82) is 5.26 Å². The molecule has 100 valence electrons. The second-order valence-corrected chi connectivity index (χ2v) is 4.56. The maximum absolute atomic E-state index is 12.0. The van der Waals surface area contributed by atoms with Gasteiger partial charge in [0.2, 0.25) is 0 Å². The zero-order valence-corrected chi connectivity index (χ0v) is 11.3. The van der Waals surface area contributed by atoms with Crippen molar-refractivity contribution in [2.45, 2.75) is 6.92 Å². The van der Waals surface area contributed by atoms with Gasteiger partial charge in [-0.05, 0) is 25.1 Å². The fraction of sp³-hybridized carbons (Fsp3) is 0.0714. The summed E-state index contributed by atoms with van der Waals surface area (Å²) in [5.74, 6) is -0.535. The van der Waals surface area contributed by atoms with Gasteiger partial charge >= 0.3 is 0 Å². The number of hydrogen-bond acceptors (Lipinski definition) is 3. The number of pyridine rings is 1. The van der Waals surface area contributed by atoms with Gasteiger partial charge in [-0.1, -0.05) is 11.6 Å². The van der Waals surface area contributed by atoms with Crippen molar-refractivity contribution in [3.63, 3.8) is 0 Å². The van der Waals surface area contributed by atoms with E-state index in [9.17, 15) is 9.59 Å². The van der Waals surface area contributed by atoms with Gasteiger partial charge in [0.25, 0.3) is 5.91 Å². The molecule has 1 aromatic heterocycles. The fourth-order valence-electron chi connectivity index (χ4n) is 1.63. The zero-order valence-electron chi connectivity index (χ0n) is 10.5. The minimum absolute atomic E-state index is 0.0103. The first kappa shape index (κ1) is 13.8. The molecule has 1 aromatic carbocycles. The molecule has 2 aromatic rings. The van der Waals surface area contributed by atoms with E-state index in [1.807, 2.05) is 6.07 Å². The number of aryl methyl sites for hydroxylation is 1. The number of carbonyl (C=O) groups excluding carboxylic acids is 1. The molecule has 0 bridgehead atoms. The molecule has 0 radical (unpaired) electrons. The molecule has 6 heteroatoms. The molecule has 0 spiro atoms. The second kappa shape index (κ2) is 5.59. The molecule has 0 fully saturated rings. The molecule has 0 saturated carbocycles. The van der Waals surface area contributed by atoms with Gasteiger partial charge in [-0.25, -0.2) is 0 Å². The molecule has 0 unspecified atom stereocenters. The largest absolute Gasteiger partial charge is 0.364 e. The summed E-state index contributed by atoms with van der Waals surface area (Å²) in [6.45, 7) is 1.73. The van der Waals surface area contributed by atoms with Crippen molar-refractivity contribution < 1.29 is 4.79 Å². The highest BCUT2D eigenvalue weighted by molar-refractivity contribution is 6.32. The van der Waals surface area contributed by atoms with Crippen LogP contribution in [0.5, 0.6) is 0 Å². The highest BCUT2D eigenvalue weighted by atomic mass is 35.5. The van der Waals surface area contributed by atoms with E-state index in [0.717, 1.165) is 0 Å². The molecule has 0 aliphatic rings. The molecule has 1 amide bonds. The molecule has 0 aliphatic carbocycles. The van der Waals surface area contributed by atoms with Gasteiger partial charge in [0.1, 0.15) is 11.6 Å². The lowest BCUT2D eigenvalue weighted by Gasteiger charge is -2.06. The molecule has 5 nitrogen and oxygen atoms in total. The van der Waals surface area contributed by atoms with Crippen molar-refractivity contribution >= 4 is 23.2 Å². The average molecular weight is 288 g/mol. The summed E-state index contributed by atoms with van der Waals surface area (Å²) < 4.78 is 0. The first-order valence-corrected chi connectivity index (χ1v) is 6.09. The molecule has 2 rings (SSSR count). The van der Waals surface area contributed by atoms with Crippen LogP contribution in [-0.4, -0.2) is 10.9 Å². The van der Waals surface area contributed by atoms with Crippen molar-refractivity contribution in [2.24, 2.45) is 0 Å². The lowest BCUT2D eigenvalue weighted by Crippen LogP contribution is -2.21. The van der Waals surface area contributed by atoms with E-state index < -0.39 is 5.91 Å². The Morgan fingerprint density at radius 2 is 2.15 bits per heavy atom. The number of aromatic amines is 1. The average Bonchev–Trinajstić information content (AvgIpc) is 2.38. The van der Waals surface area contributed by atoms with Gasteiger partial charge in [0, 0.05) is 23.6 Å². The van der Waals surface area contributed by atoms with Gasteiger partial charge in [0.15, 0.2) is 5.43 Å². The Balaban J connectivity index is 2.26. The van der Waals surface area contributed by atoms with Crippen LogP contribution in [0.15, 0.2) is 35.3 Å². The molecular weight excluding hydrogens is 278 g/mol. The number of carbonyl (C=O) groups is 1. The van der Waals surface area contributed by atoms with E-state index in [2.05, 4.69) is 10.3 Å². The molecule has 1 heterocycles. The molecule has 0 saturated heterocycles. The molecule has 0 atom stereocenters. The normalized spacial score (nSPS) is 9.85. The first-order chi connectivity index (χ1) is 9.51. The summed E-state index contributed by atoms with van der Waals surface area (Å²) >= 11 is 5.87. The zero-order chi connectivity index (χ0) is 14.7. The number of halogens is 1. The summed E-state index contributed by atoms with van der Waals surface area (Å²) in [7, 11) is 0. The Bertz CT molecular complexity index is 775. The maximum atomic E-state index is 12.0. The maximum Gasteiger partial charge on any atom is 0.261 e. The second-order valence-electron chi connectivity index (χ2n) is 4.15. The number of nitriles is 1. The molecular formula is C14H10ClN3O2. The van der Waals surface area contributed by atoms with E-state index >= 15 is 0 Å². The summed E-state index contributed by atoms with van der Waals surface area (Å²) in [4.78, 5) is 26.5. The van der Waals surface area contributed by atoms with E-state index in [1.165, 1.54) is 24.4 Å². The Labute approximate surface area is 119 Å². The van der Waals surface area contributed by atoms with Crippen LogP contribution in [-0.2, 0) is 0 Å². The third-order valence-corrected chi connectivity index (χ3v) is 2.96. The van der Waals surface area contributed by atoms with Crippen LogP contribution in [0, 0.1) is 18.3 Å². The number of H-pyrrole nitrogens is 1. The lowest BCUT2D eigenvalue weighted by molar-refractivity contribution is 0.102. The molecule has 2 N–H and O–H groups in total. The van der Waals surface area contributed by atoms with Gasteiger partial charge in [0.05, 0.1) is 10.6 Å². The Kier molecular flexibility index (Phi) is 3.87. The first-order valence-electron chi connectivity index (χ1n) is 5.71. The van der Waals surface area contributed by atoms with E-state index in [1.54, 1.807) is 13.0 Å². The number of hydrogen-bond donors (Lipinski definition) is 2. The van der Waals surface area contributed by atoms with E-state index in [4.69, 9.17) is 16.9 Å². The summed E-state index contributed by atoms with van der Waals surface area (Å²) in [6, 6.07) is 7.77. The van der Waals surface area contributed by atoms with Gasteiger partial charge in [-0.2, -0.15) is 5.26 Å². The highest BCUT2D eigenvalue weighted by Crippen LogP contribution is 2.20. The number of amides is 1. The summed E-state index contributed by atoms with van der Waals surface area (Å²) in [6.07, 6.45) is 1.36. The Hall–Kier alpha value is -2.58.